The minimum absolute atomic E-state index is 0.00202. The van der Waals surface area contributed by atoms with Crippen LogP contribution in [0.2, 0.25) is 5.02 Å². The van der Waals surface area contributed by atoms with Crippen LogP contribution in [0.5, 0.6) is 0 Å². The molecule has 2 aromatic rings. The van der Waals surface area contributed by atoms with Crippen molar-refractivity contribution in [1.29, 1.82) is 0 Å². The van der Waals surface area contributed by atoms with E-state index in [2.05, 4.69) is 5.10 Å². The van der Waals surface area contributed by atoms with Gasteiger partial charge in [0.1, 0.15) is 5.82 Å². The molecule has 0 N–H and O–H groups in total. The number of morpholine rings is 1. The number of likely N-dealkylation sites (N-methyl/N-ethyl adjacent to an activating group) is 1. The third-order valence-corrected chi connectivity index (χ3v) is 4.70. The third kappa shape index (κ3) is 3.90. The number of amides is 1. The standard InChI is InChI=1S/C18H22ClFN4O2/c1-22(2)11-16-17(13-9-21-23(3)10-13)24(6-7-26-16)18(25)12-4-5-14(19)15(20)8-12/h4-5,8-10,16-17H,6-7,11H2,1-3H3/t16-,17-/m0/s1. The summed E-state index contributed by atoms with van der Waals surface area (Å²) in [6, 6.07) is 3.83. The van der Waals surface area contributed by atoms with Gasteiger partial charge in [-0.1, -0.05) is 11.6 Å². The normalized spacial score (nSPS) is 20.6. The van der Waals surface area contributed by atoms with Crippen LogP contribution in [0.1, 0.15) is 22.0 Å². The van der Waals surface area contributed by atoms with Crippen LogP contribution in [0, 0.1) is 5.82 Å². The molecule has 1 saturated heterocycles. The topological polar surface area (TPSA) is 50.6 Å². The van der Waals surface area contributed by atoms with Gasteiger partial charge >= 0.3 is 0 Å². The Morgan fingerprint density at radius 2 is 2.23 bits per heavy atom. The van der Waals surface area contributed by atoms with Gasteiger partial charge in [-0.2, -0.15) is 5.10 Å². The highest BCUT2D eigenvalue weighted by Gasteiger charge is 2.37. The molecule has 0 spiro atoms. The monoisotopic (exact) mass is 380 g/mol. The van der Waals surface area contributed by atoms with Crippen LogP contribution >= 0.6 is 11.6 Å². The molecule has 6 nitrogen and oxygen atoms in total. The van der Waals surface area contributed by atoms with E-state index in [4.69, 9.17) is 16.3 Å². The van der Waals surface area contributed by atoms with Gasteiger partial charge in [0.2, 0.25) is 0 Å². The molecule has 1 amide bonds. The molecule has 0 saturated carbocycles. The number of aromatic nitrogens is 2. The molecule has 2 heterocycles. The van der Waals surface area contributed by atoms with Gasteiger partial charge in [-0.3, -0.25) is 9.48 Å². The lowest BCUT2D eigenvalue weighted by Crippen LogP contribution is -2.51. The number of ether oxygens (including phenoxy) is 1. The Hall–Kier alpha value is -1.96. The van der Waals surface area contributed by atoms with E-state index in [1.807, 2.05) is 32.2 Å². The van der Waals surface area contributed by atoms with Crippen molar-refractivity contribution in [2.24, 2.45) is 7.05 Å². The van der Waals surface area contributed by atoms with E-state index < -0.39 is 5.82 Å². The summed E-state index contributed by atoms with van der Waals surface area (Å²) in [6.07, 6.45) is 3.42. The lowest BCUT2D eigenvalue weighted by atomic mass is 9.99. The second kappa shape index (κ2) is 7.73. The van der Waals surface area contributed by atoms with Gasteiger partial charge in [0.25, 0.3) is 5.91 Å². The number of benzene rings is 1. The summed E-state index contributed by atoms with van der Waals surface area (Å²) in [5, 5.41) is 4.23. The Labute approximate surface area is 157 Å². The van der Waals surface area contributed by atoms with Crippen molar-refractivity contribution in [2.75, 3.05) is 33.8 Å². The number of rotatable bonds is 4. The maximum absolute atomic E-state index is 13.8. The number of aryl methyl sites for hydroxylation is 1. The van der Waals surface area contributed by atoms with E-state index in [-0.39, 0.29) is 28.6 Å². The molecule has 8 heteroatoms. The zero-order valence-corrected chi connectivity index (χ0v) is 15.8. The van der Waals surface area contributed by atoms with Crippen molar-refractivity contribution in [1.82, 2.24) is 19.6 Å². The van der Waals surface area contributed by atoms with E-state index >= 15 is 0 Å². The fourth-order valence-corrected chi connectivity index (χ4v) is 3.37. The summed E-state index contributed by atoms with van der Waals surface area (Å²) in [5.41, 5.74) is 1.16. The van der Waals surface area contributed by atoms with E-state index in [1.54, 1.807) is 21.8 Å². The average molecular weight is 381 g/mol. The molecule has 3 rings (SSSR count). The molecule has 1 fully saturated rings. The third-order valence-electron chi connectivity index (χ3n) is 4.39. The van der Waals surface area contributed by atoms with Crippen molar-refractivity contribution in [3.8, 4) is 0 Å². The maximum atomic E-state index is 13.8. The van der Waals surface area contributed by atoms with Gasteiger partial charge in [-0.15, -0.1) is 0 Å². The molecule has 1 aliphatic heterocycles. The molecule has 2 atom stereocenters. The molecule has 0 radical (unpaired) electrons. The molecule has 1 aromatic heterocycles. The Morgan fingerprint density at radius 1 is 1.46 bits per heavy atom. The summed E-state index contributed by atoms with van der Waals surface area (Å²) in [5.74, 6) is -0.852. The van der Waals surface area contributed by atoms with E-state index in [0.29, 0.717) is 19.7 Å². The second-order valence-electron chi connectivity index (χ2n) is 6.69. The lowest BCUT2D eigenvalue weighted by Gasteiger charge is -2.41. The Morgan fingerprint density at radius 3 is 2.85 bits per heavy atom. The van der Waals surface area contributed by atoms with Crippen molar-refractivity contribution in [2.45, 2.75) is 12.1 Å². The zero-order valence-electron chi connectivity index (χ0n) is 15.0. The number of halogens is 2. The molecule has 0 unspecified atom stereocenters. The Bertz CT molecular complexity index is 795. The highest BCUT2D eigenvalue weighted by molar-refractivity contribution is 6.30. The molecule has 26 heavy (non-hydrogen) atoms. The number of hydrogen-bond acceptors (Lipinski definition) is 4. The van der Waals surface area contributed by atoms with Gasteiger partial charge in [0.05, 0.1) is 30.0 Å². The fraction of sp³-hybridized carbons (Fsp3) is 0.444. The van der Waals surface area contributed by atoms with Crippen LogP contribution in [0.25, 0.3) is 0 Å². The van der Waals surface area contributed by atoms with E-state index in [0.717, 1.165) is 5.56 Å². The highest BCUT2D eigenvalue weighted by Crippen LogP contribution is 2.31. The summed E-state index contributed by atoms with van der Waals surface area (Å²) in [4.78, 5) is 16.9. The quantitative estimate of drug-likeness (QED) is 0.817. The van der Waals surface area contributed by atoms with Crippen molar-refractivity contribution in [3.63, 3.8) is 0 Å². The first kappa shape index (κ1) is 18.8. The van der Waals surface area contributed by atoms with Gasteiger partial charge in [-0.25, -0.2) is 4.39 Å². The highest BCUT2D eigenvalue weighted by atomic mass is 35.5. The van der Waals surface area contributed by atoms with Crippen molar-refractivity contribution >= 4 is 17.5 Å². The summed E-state index contributed by atoms with van der Waals surface area (Å²) < 4.78 is 21.5. The van der Waals surface area contributed by atoms with Crippen LogP contribution in [0.15, 0.2) is 30.6 Å². The predicted molar refractivity (Wildman–Crippen MR) is 96.7 cm³/mol. The summed E-state index contributed by atoms with van der Waals surface area (Å²) in [6.45, 7) is 1.50. The van der Waals surface area contributed by atoms with Crippen molar-refractivity contribution < 1.29 is 13.9 Å². The van der Waals surface area contributed by atoms with Crippen LogP contribution < -0.4 is 0 Å². The van der Waals surface area contributed by atoms with Crippen LogP contribution in [-0.2, 0) is 11.8 Å². The molecule has 0 bridgehead atoms. The minimum atomic E-state index is -0.603. The smallest absolute Gasteiger partial charge is 0.254 e. The molecular weight excluding hydrogens is 359 g/mol. The Balaban J connectivity index is 1.96. The van der Waals surface area contributed by atoms with E-state index in [1.165, 1.54) is 12.1 Å². The maximum Gasteiger partial charge on any atom is 0.254 e. The fourth-order valence-electron chi connectivity index (χ4n) is 3.26. The van der Waals surface area contributed by atoms with Gasteiger partial charge in [-0.05, 0) is 32.3 Å². The van der Waals surface area contributed by atoms with Gasteiger partial charge in [0.15, 0.2) is 0 Å². The van der Waals surface area contributed by atoms with Crippen LogP contribution in [-0.4, -0.2) is 65.4 Å². The largest absolute Gasteiger partial charge is 0.373 e. The number of carbonyl (C=O) groups is 1. The summed E-state index contributed by atoms with van der Waals surface area (Å²) >= 11 is 5.74. The first-order chi connectivity index (χ1) is 12.4. The number of carbonyl (C=O) groups excluding carboxylic acids is 1. The van der Waals surface area contributed by atoms with E-state index in [9.17, 15) is 9.18 Å². The molecule has 0 aliphatic carbocycles. The Kier molecular flexibility index (Phi) is 5.60. The zero-order chi connectivity index (χ0) is 18.8. The van der Waals surface area contributed by atoms with Gasteiger partial charge < -0.3 is 14.5 Å². The molecule has 140 valence electrons. The van der Waals surface area contributed by atoms with Gasteiger partial charge in [0, 0.05) is 37.5 Å². The molecule has 1 aromatic carbocycles. The SMILES string of the molecule is CN(C)C[C@@H]1OCCN(C(=O)c2ccc(Cl)c(F)c2)[C@H]1c1cnn(C)c1. The first-order valence-electron chi connectivity index (χ1n) is 8.37. The minimum Gasteiger partial charge on any atom is -0.373 e. The molecule has 1 aliphatic rings. The second-order valence-corrected chi connectivity index (χ2v) is 7.10. The summed E-state index contributed by atoms with van der Waals surface area (Å²) in [7, 11) is 5.74. The van der Waals surface area contributed by atoms with Crippen LogP contribution in [0.4, 0.5) is 4.39 Å². The number of hydrogen-bond donors (Lipinski definition) is 0. The van der Waals surface area contributed by atoms with Crippen LogP contribution in [0.3, 0.4) is 0 Å². The average Bonchev–Trinajstić information content (AvgIpc) is 3.02. The molecular formula is C18H22ClFN4O2. The lowest BCUT2D eigenvalue weighted by molar-refractivity contribution is -0.0684. The number of nitrogens with zero attached hydrogens (tertiary/aromatic N) is 4. The van der Waals surface area contributed by atoms with Crippen molar-refractivity contribution in [3.05, 3.63) is 52.6 Å². The predicted octanol–water partition coefficient (Wildman–Crippen LogP) is 2.36. The first-order valence-corrected chi connectivity index (χ1v) is 8.75.